The molecule has 1 aromatic carbocycles. The Balaban J connectivity index is 1.91. The zero-order valence-electron chi connectivity index (χ0n) is 14.2. The van der Waals surface area contributed by atoms with Crippen molar-refractivity contribution < 1.29 is 4.79 Å². The lowest BCUT2D eigenvalue weighted by atomic mass is 9.90. The smallest absolute Gasteiger partial charge is 0.255 e. The van der Waals surface area contributed by atoms with Gasteiger partial charge in [-0.3, -0.25) is 4.79 Å². The molecule has 0 unspecified atom stereocenters. The number of halogens is 2. The molecule has 0 saturated carbocycles. The largest absolute Gasteiger partial charge is 0.365 e. The number of carbonyl (C=O) groups is 1. The number of hydrogen-bond donors (Lipinski definition) is 3. The quantitative estimate of drug-likeness (QED) is 0.393. The summed E-state index contributed by atoms with van der Waals surface area (Å²) in [6, 6.07) is 5.90. The molecule has 0 aliphatic carbocycles. The van der Waals surface area contributed by atoms with Crippen LogP contribution in [0.15, 0.2) is 23.4 Å². The first-order valence-electron chi connectivity index (χ1n) is 8.18. The van der Waals surface area contributed by atoms with E-state index in [1.54, 1.807) is 0 Å². The Kier molecular flexibility index (Phi) is 6.24. The van der Waals surface area contributed by atoms with Gasteiger partial charge in [-0.15, -0.1) is 0 Å². The molecule has 0 spiro atoms. The fourth-order valence-corrected chi connectivity index (χ4v) is 3.90. The Hall–Kier alpha value is -1.54. The Morgan fingerprint density at radius 1 is 1.31 bits per heavy atom. The maximum absolute atomic E-state index is 11.8. The number of benzene rings is 1. The van der Waals surface area contributed by atoms with Crippen LogP contribution in [0, 0.1) is 0 Å². The van der Waals surface area contributed by atoms with Crippen LogP contribution in [0.25, 0.3) is 0 Å². The van der Waals surface area contributed by atoms with Crippen molar-refractivity contribution in [3.63, 3.8) is 0 Å². The van der Waals surface area contributed by atoms with Crippen LogP contribution < -0.4 is 16.4 Å². The lowest BCUT2D eigenvalue weighted by molar-refractivity contribution is 0.100. The Labute approximate surface area is 166 Å². The van der Waals surface area contributed by atoms with E-state index in [4.69, 9.17) is 28.9 Å². The Morgan fingerprint density at radius 3 is 2.65 bits per heavy atom. The maximum Gasteiger partial charge on any atom is 0.255 e. The molecule has 1 aliphatic heterocycles. The molecule has 3 rings (SSSR count). The van der Waals surface area contributed by atoms with E-state index >= 15 is 0 Å². The molecule has 0 bridgehead atoms. The second kappa shape index (κ2) is 8.43. The number of nitrogens with one attached hydrogen (secondary N) is 2. The van der Waals surface area contributed by atoms with Gasteiger partial charge < -0.3 is 16.4 Å². The van der Waals surface area contributed by atoms with Crippen LogP contribution in [0.4, 0.5) is 11.5 Å². The highest BCUT2D eigenvalue weighted by Gasteiger charge is 2.20. The minimum atomic E-state index is -0.701. The van der Waals surface area contributed by atoms with Crippen LogP contribution in [0.5, 0.6) is 0 Å². The van der Waals surface area contributed by atoms with Crippen molar-refractivity contribution >= 4 is 52.4 Å². The van der Waals surface area contributed by atoms with Gasteiger partial charge in [-0.1, -0.05) is 41.0 Å². The normalized spacial score (nSPS) is 15.0. The van der Waals surface area contributed by atoms with Crippen molar-refractivity contribution in [2.24, 2.45) is 5.73 Å². The average molecular weight is 412 g/mol. The van der Waals surface area contributed by atoms with E-state index in [-0.39, 0.29) is 16.5 Å². The first-order chi connectivity index (χ1) is 12.5. The van der Waals surface area contributed by atoms with Gasteiger partial charge in [0.25, 0.3) is 5.91 Å². The highest BCUT2D eigenvalue weighted by atomic mass is 35.5. The molecular weight excluding hydrogens is 393 g/mol. The Bertz CT molecular complexity index is 827. The molecule has 1 amide bonds. The molecular formula is C17H19Cl2N5OS. The molecule has 0 radical (unpaired) electrons. The summed E-state index contributed by atoms with van der Waals surface area (Å²) in [6.45, 7) is 2.03. The highest BCUT2D eigenvalue weighted by Crippen LogP contribution is 2.34. The molecule has 26 heavy (non-hydrogen) atoms. The number of hydrogen-bond acceptors (Lipinski definition) is 6. The SMILES string of the molecule is CSc1nc(Cl)c(C(N)=O)c(Nc2ccc(C3CCNCC3)cc2Cl)n1. The number of piperidine rings is 1. The third-order valence-electron chi connectivity index (χ3n) is 4.33. The van der Waals surface area contributed by atoms with E-state index < -0.39 is 5.91 Å². The van der Waals surface area contributed by atoms with Gasteiger partial charge in [0.15, 0.2) is 5.16 Å². The molecule has 0 atom stereocenters. The topological polar surface area (TPSA) is 92.9 Å². The summed E-state index contributed by atoms with van der Waals surface area (Å²) >= 11 is 13.9. The predicted octanol–water partition coefficient (Wildman–Crippen LogP) is 3.81. The van der Waals surface area contributed by atoms with E-state index in [1.807, 2.05) is 24.5 Å². The molecule has 138 valence electrons. The molecule has 6 nitrogen and oxygen atoms in total. The summed E-state index contributed by atoms with van der Waals surface area (Å²) < 4.78 is 0. The maximum atomic E-state index is 11.8. The summed E-state index contributed by atoms with van der Waals surface area (Å²) in [7, 11) is 0. The van der Waals surface area contributed by atoms with Crippen LogP contribution >= 0.6 is 35.0 Å². The Morgan fingerprint density at radius 2 is 2.04 bits per heavy atom. The van der Waals surface area contributed by atoms with E-state index in [9.17, 15) is 4.79 Å². The van der Waals surface area contributed by atoms with Gasteiger partial charge in [-0.05, 0) is 55.8 Å². The zero-order valence-corrected chi connectivity index (χ0v) is 16.5. The number of thioether (sulfide) groups is 1. The molecule has 9 heteroatoms. The van der Waals surface area contributed by atoms with Crippen LogP contribution in [0.1, 0.15) is 34.7 Å². The van der Waals surface area contributed by atoms with Gasteiger partial charge in [-0.2, -0.15) is 0 Å². The molecule has 4 N–H and O–H groups in total. The van der Waals surface area contributed by atoms with Gasteiger partial charge in [0.05, 0.1) is 10.7 Å². The van der Waals surface area contributed by atoms with Gasteiger partial charge in [0.2, 0.25) is 0 Å². The number of nitrogens with two attached hydrogens (primary N) is 1. The third-order valence-corrected chi connectivity index (χ3v) is 5.46. The minimum absolute atomic E-state index is 0.0156. The number of amides is 1. The van der Waals surface area contributed by atoms with Crippen molar-refractivity contribution in [2.75, 3.05) is 24.7 Å². The summed E-state index contributed by atoms with van der Waals surface area (Å²) in [5.41, 5.74) is 7.32. The lowest BCUT2D eigenvalue weighted by Crippen LogP contribution is -2.26. The summed E-state index contributed by atoms with van der Waals surface area (Å²) in [5, 5.41) is 7.44. The van der Waals surface area contributed by atoms with Gasteiger partial charge >= 0.3 is 0 Å². The lowest BCUT2D eigenvalue weighted by Gasteiger charge is -2.23. The van der Waals surface area contributed by atoms with Crippen LogP contribution in [0.3, 0.4) is 0 Å². The number of primary amides is 1. The van der Waals surface area contributed by atoms with Crippen LogP contribution in [-0.2, 0) is 0 Å². The van der Waals surface area contributed by atoms with Gasteiger partial charge in [0, 0.05) is 0 Å². The molecule has 2 heterocycles. The van der Waals surface area contributed by atoms with Crippen molar-refractivity contribution in [3.05, 3.63) is 39.5 Å². The monoisotopic (exact) mass is 411 g/mol. The van der Waals surface area contributed by atoms with Crippen molar-refractivity contribution in [3.8, 4) is 0 Å². The number of rotatable bonds is 5. The number of carbonyl (C=O) groups excluding carboxylic acids is 1. The molecule has 2 aromatic rings. The van der Waals surface area contributed by atoms with E-state index in [0.29, 0.717) is 21.8 Å². The van der Waals surface area contributed by atoms with Crippen LogP contribution in [0.2, 0.25) is 10.2 Å². The number of aromatic nitrogens is 2. The fraction of sp³-hybridized carbons (Fsp3) is 0.353. The summed E-state index contributed by atoms with van der Waals surface area (Å²) in [5.74, 6) is 0.0477. The second-order valence-electron chi connectivity index (χ2n) is 5.98. The van der Waals surface area contributed by atoms with Crippen molar-refractivity contribution in [2.45, 2.75) is 23.9 Å². The summed E-state index contributed by atoms with van der Waals surface area (Å²) in [4.78, 5) is 20.1. The van der Waals surface area contributed by atoms with Crippen molar-refractivity contribution in [1.82, 2.24) is 15.3 Å². The van der Waals surface area contributed by atoms with Crippen LogP contribution in [-0.4, -0.2) is 35.2 Å². The third kappa shape index (κ3) is 4.23. The first-order valence-corrected chi connectivity index (χ1v) is 10.2. The molecule has 1 aliphatic rings. The predicted molar refractivity (Wildman–Crippen MR) is 107 cm³/mol. The first kappa shape index (κ1) is 19.2. The van der Waals surface area contributed by atoms with E-state index in [1.165, 1.54) is 17.3 Å². The minimum Gasteiger partial charge on any atom is -0.365 e. The second-order valence-corrected chi connectivity index (χ2v) is 7.52. The highest BCUT2D eigenvalue weighted by molar-refractivity contribution is 7.98. The van der Waals surface area contributed by atoms with Crippen molar-refractivity contribution in [1.29, 1.82) is 0 Å². The molecule has 1 saturated heterocycles. The fourth-order valence-electron chi connectivity index (χ4n) is 2.98. The number of nitrogens with zero attached hydrogens (tertiary/aromatic N) is 2. The van der Waals surface area contributed by atoms with E-state index in [2.05, 4.69) is 20.6 Å². The molecule has 1 fully saturated rings. The zero-order chi connectivity index (χ0) is 18.7. The van der Waals surface area contributed by atoms with Gasteiger partial charge in [-0.25, -0.2) is 9.97 Å². The van der Waals surface area contributed by atoms with E-state index in [0.717, 1.165) is 25.9 Å². The molecule has 1 aromatic heterocycles. The average Bonchev–Trinajstić information content (AvgIpc) is 2.63. The van der Waals surface area contributed by atoms with Gasteiger partial charge in [0.1, 0.15) is 16.5 Å². The summed E-state index contributed by atoms with van der Waals surface area (Å²) in [6.07, 6.45) is 4.00. The number of anilines is 2. The standard InChI is InChI=1S/C17H19Cl2N5OS/c1-26-17-23-14(19)13(15(20)25)16(24-17)22-12-3-2-10(8-11(12)18)9-4-6-21-7-5-9/h2-3,8-9,21H,4-7H2,1H3,(H2,20,25)(H,22,23,24).